The number of aliphatic hydroxyl groups is 1. The summed E-state index contributed by atoms with van der Waals surface area (Å²) in [5, 5.41) is 39.0. The molecule has 3 atom stereocenters. The first-order valence-electron chi connectivity index (χ1n) is 27.6. The number of rotatable bonds is 12. The minimum absolute atomic E-state index is 0.0227. The van der Waals surface area contributed by atoms with E-state index in [1.165, 1.54) is 30.0 Å². The van der Waals surface area contributed by atoms with Crippen LogP contribution in [0, 0.1) is 55.7 Å². The van der Waals surface area contributed by atoms with Crippen molar-refractivity contribution in [2.24, 2.45) is 27.4 Å². The number of amides is 1. The highest BCUT2D eigenvalue weighted by Gasteiger charge is 2.29. The first kappa shape index (κ1) is 70.2. The Hall–Kier alpha value is -6.83. The topological polar surface area (TPSA) is 173 Å². The van der Waals surface area contributed by atoms with Gasteiger partial charge in [-0.1, -0.05) is 188 Å². The summed E-state index contributed by atoms with van der Waals surface area (Å²) in [5.74, 6) is 1.18. The van der Waals surface area contributed by atoms with Gasteiger partial charge in [-0.15, -0.1) is 0 Å². The highest BCUT2D eigenvalue weighted by molar-refractivity contribution is 5.94. The fourth-order valence-corrected chi connectivity index (χ4v) is 8.85. The summed E-state index contributed by atoms with van der Waals surface area (Å²) in [7, 11) is 0. The van der Waals surface area contributed by atoms with Gasteiger partial charge in [0, 0.05) is 18.7 Å². The molecule has 0 bridgehead atoms. The highest BCUT2D eigenvalue weighted by atomic mass is 16.6. The maximum atomic E-state index is 11.6. The molecule has 9 heteroatoms. The minimum Gasteiger partial charge on any atom is -0.444 e. The number of nitrogens with one attached hydrogen (secondary N) is 1. The second kappa shape index (κ2) is 31.7. The van der Waals surface area contributed by atoms with Crippen LogP contribution in [0.2, 0.25) is 0 Å². The number of hydrogen-bond donors (Lipinski definition) is 3. The summed E-state index contributed by atoms with van der Waals surface area (Å²) in [4.78, 5) is 22.4. The molecule has 0 saturated carbocycles. The maximum absolute atomic E-state index is 11.6. The van der Waals surface area contributed by atoms with Crippen LogP contribution in [0.15, 0.2) is 128 Å². The molecule has 0 aromatic heterocycles. The number of nitriles is 3. The standard InChI is InChI=1S/C19H31NO2.C14H19NO.C14H23N.C14H17N.C9H7NO/c1-14(12-18(2,3)4)16-10-8-15(9-11-16)13-20-17(21)22-19(5,6)7;1-13(2,3)10-14(4,16)12-7-5-11(9-15)6-8-12;2*1-11(9-14(2,3)4)13-7-5-12(10-15)6-8-13;1-7(11)9-4-2-8(6-10)3-5-9/h8-11,14H,12-13H2,1-7H3,(H,20,21);5-8,16H,10H2,1-4H3;5-8,11H,9-10,15H2,1-4H3;5-8H,1,9H2,2-4H3;2-5H,1H3. The van der Waals surface area contributed by atoms with Gasteiger partial charge in [0.1, 0.15) is 5.60 Å². The van der Waals surface area contributed by atoms with Crippen LogP contribution in [-0.2, 0) is 23.4 Å². The number of carbonyl (C=O) groups excluding carboxylic acids is 2. The third-order valence-electron chi connectivity index (χ3n) is 12.1. The van der Waals surface area contributed by atoms with Gasteiger partial charge in [0.25, 0.3) is 0 Å². The van der Waals surface area contributed by atoms with Gasteiger partial charge in [0.2, 0.25) is 0 Å². The smallest absolute Gasteiger partial charge is 0.407 e. The number of nitrogens with zero attached hydrogens (tertiary/aromatic N) is 3. The predicted molar refractivity (Wildman–Crippen MR) is 329 cm³/mol. The first-order valence-corrected chi connectivity index (χ1v) is 27.6. The molecule has 79 heavy (non-hydrogen) atoms. The van der Waals surface area contributed by atoms with E-state index in [0.717, 1.165) is 35.1 Å². The zero-order valence-electron chi connectivity index (χ0n) is 51.7. The molecule has 0 spiro atoms. The number of nitrogens with two attached hydrogens (primary N) is 1. The van der Waals surface area contributed by atoms with Gasteiger partial charge >= 0.3 is 6.09 Å². The molecular weight excluding hydrogens is 975 g/mol. The number of ether oxygens (including phenoxy) is 1. The molecule has 0 aliphatic carbocycles. The van der Waals surface area contributed by atoms with Gasteiger partial charge in [0.15, 0.2) is 5.78 Å². The lowest BCUT2D eigenvalue weighted by molar-refractivity contribution is 0.0151. The van der Waals surface area contributed by atoms with Crippen molar-refractivity contribution < 1.29 is 19.4 Å². The number of hydrogen-bond acceptors (Lipinski definition) is 8. The molecule has 3 unspecified atom stereocenters. The van der Waals surface area contributed by atoms with Crippen LogP contribution in [0.5, 0.6) is 0 Å². The van der Waals surface area contributed by atoms with E-state index in [1.54, 1.807) is 36.4 Å². The number of benzene rings is 5. The molecule has 5 aromatic rings. The molecule has 4 N–H and O–H groups in total. The Kier molecular flexibility index (Phi) is 28.1. The predicted octanol–water partition coefficient (Wildman–Crippen LogP) is 17.9. The fraction of sp³-hybridized carbons (Fsp3) is 0.471. The summed E-state index contributed by atoms with van der Waals surface area (Å²) >= 11 is 0. The Morgan fingerprint density at radius 3 is 1.24 bits per heavy atom. The zero-order valence-corrected chi connectivity index (χ0v) is 51.7. The van der Waals surface area contributed by atoms with Crippen LogP contribution in [-0.4, -0.2) is 22.6 Å². The van der Waals surface area contributed by atoms with Crippen molar-refractivity contribution >= 4 is 17.4 Å². The van der Waals surface area contributed by atoms with Gasteiger partial charge in [-0.05, 0) is 169 Å². The summed E-state index contributed by atoms with van der Waals surface area (Å²) in [6.07, 6.45) is 3.65. The van der Waals surface area contributed by atoms with Crippen molar-refractivity contribution in [1.29, 1.82) is 15.8 Å². The van der Waals surface area contributed by atoms with Gasteiger partial charge in [0.05, 0.1) is 40.5 Å². The lowest BCUT2D eigenvalue weighted by atomic mass is 9.79. The van der Waals surface area contributed by atoms with Crippen molar-refractivity contribution in [3.63, 3.8) is 0 Å². The molecule has 9 nitrogen and oxygen atoms in total. The second-order valence-electron chi connectivity index (χ2n) is 26.9. The molecule has 5 aromatic carbocycles. The van der Waals surface area contributed by atoms with Crippen molar-refractivity contribution in [2.45, 2.75) is 193 Å². The third kappa shape index (κ3) is 31.4. The van der Waals surface area contributed by atoms with E-state index in [4.69, 9.17) is 26.3 Å². The summed E-state index contributed by atoms with van der Waals surface area (Å²) in [6.45, 7) is 45.2. The monoisotopic (exact) mass is 1070 g/mol. The van der Waals surface area contributed by atoms with E-state index in [1.807, 2.05) is 70.2 Å². The van der Waals surface area contributed by atoms with Crippen molar-refractivity contribution in [3.05, 3.63) is 184 Å². The van der Waals surface area contributed by atoms with Gasteiger partial charge in [-0.2, -0.15) is 15.8 Å². The number of Topliss-reactive ketones (excluding diaryl/α,β-unsaturated/α-hetero) is 1. The van der Waals surface area contributed by atoms with E-state index in [-0.39, 0.29) is 22.7 Å². The highest BCUT2D eigenvalue weighted by Crippen LogP contribution is 2.35. The average molecular weight is 1070 g/mol. The van der Waals surface area contributed by atoms with E-state index < -0.39 is 11.2 Å². The van der Waals surface area contributed by atoms with E-state index in [0.29, 0.717) is 64.4 Å². The Balaban J connectivity index is 0.000000502. The molecular formula is C70H97N5O4. The van der Waals surface area contributed by atoms with E-state index in [9.17, 15) is 14.7 Å². The van der Waals surface area contributed by atoms with Crippen molar-refractivity contribution in [2.75, 3.05) is 0 Å². The Morgan fingerprint density at radius 2 is 0.924 bits per heavy atom. The van der Waals surface area contributed by atoms with E-state index in [2.05, 4.69) is 169 Å². The fourth-order valence-electron chi connectivity index (χ4n) is 8.85. The van der Waals surface area contributed by atoms with Crippen LogP contribution in [0.25, 0.3) is 5.57 Å². The zero-order chi connectivity index (χ0) is 60.6. The van der Waals surface area contributed by atoms with Crippen LogP contribution >= 0.6 is 0 Å². The van der Waals surface area contributed by atoms with Crippen LogP contribution in [0.3, 0.4) is 0 Å². The van der Waals surface area contributed by atoms with Crippen molar-refractivity contribution in [1.82, 2.24) is 5.32 Å². The Labute approximate surface area is 478 Å². The largest absolute Gasteiger partial charge is 0.444 e. The van der Waals surface area contributed by atoms with Gasteiger partial charge in [-0.25, -0.2) is 4.79 Å². The number of ketones is 1. The molecule has 0 aliphatic heterocycles. The molecule has 0 fully saturated rings. The molecule has 0 saturated heterocycles. The summed E-state index contributed by atoms with van der Waals surface area (Å²) in [6, 6.07) is 44.6. The lowest BCUT2D eigenvalue weighted by Gasteiger charge is -2.31. The number of allylic oxidation sites excluding steroid dienone is 1. The Bertz CT molecular complexity index is 2750. The van der Waals surface area contributed by atoms with Gasteiger partial charge in [-0.3, -0.25) is 4.79 Å². The van der Waals surface area contributed by atoms with Crippen LogP contribution < -0.4 is 11.1 Å². The lowest BCUT2D eigenvalue weighted by Crippen LogP contribution is -2.32. The molecule has 0 heterocycles. The third-order valence-corrected chi connectivity index (χ3v) is 12.1. The first-order chi connectivity index (χ1) is 36.3. The van der Waals surface area contributed by atoms with E-state index >= 15 is 0 Å². The average Bonchev–Trinajstić information content (AvgIpc) is 3.34. The summed E-state index contributed by atoms with van der Waals surface area (Å²) in [5.41, 5.74) is 16.0. The minimum atomic E-state index is -0.841. The van der Waals surface area contributed by atoms with Crippen LogP contribution in [0.1, 0.15) is 229 Å². The Morgan fingerprint density at radius 1 is 0.557 bits per heavy atom. The second-order valence-corrected chi connectivity index (χ2v) is 26.9. The maximum Gasteiger partial charge on any atom is 0.407 e. The SMILES string of the molecule is C=C(CC(C)(C)C)c1ccc(C#N)cc1.CC(=O)c1ccc(C#N)cc1.CC(C)(C)CC(C)(O)c1ccc(C#N)cc1.CC(CC(C)(C)C)c1ccc(CN)cc1.CC(CC(C)(C)C)c1ccc(CNC(=O)OC(C)(C)C)cc1. The molecule has 0 radical (unpaired) electrons. The number of carbonyl (C=O) groups is 2. The quantitative estimate of drug-likeness (QED) is 0.104. The van der Waals surface area contributed by atoms with Gasteiger partial charge < -0.3 is 20.9 Å². The molecule has 0 aliphatic rings. The normalized spacial score (nSPS) is 12.8. The molecule has 426 valence electrons. The van der Waals surface area contributed by atoms with Crippen molar-refractivity contribution in [3.8, 4) is 18.2 Å². The number of alkyl carbamates (subject to hydrolysis) is 1. The van der Waals surface area contributed by atoms with Crippen LogP contribution in [0.4, 0.5) is 4.79 Å². The molecule has 1 amide bonds. The summed E-state index contributed by atoms with van der Waals surface area (Å²) < 4.78 is 5.23. The molecule has 5 rings (SSSR count).